The number of carbonyl (C=O) groups is 1. The maximum absolute atomic E-state index is 12.5. The number of anilines is 1. The summed E-state index contributed by atoms with van der Waals surface area (Å²) in [4.78, 5) is 15.7. The van der Waals surface area contributed by atoms with Crippen LogP contribution in [0.3, 0.4) is 0 Å². The van der Waals surface area contributed by atoms with E-state index in [-0.39, 0.29) is 11.4 Å². The smallest absolute Gasteiger partial charge is 0.268 e. The fourth-order valence-corrected chi connectivity index (χ4v) is 3.45. The quantitative estimate of drug-likeness (QED) is 0.512. The van der Waals surface area contributed by atoms with Crippen LogP contribution in [-0.2, 0) is 0 Å². The minimum atomic E-state index is 0.00342. The number of nitrogens with one attached hydrogen (secondary N) is 3. The Bertz CT molecular complexity index is 718. The first kappa shape index (κ1) is 16.2. The van der Waals surface area contributed by atoms with Gasteiger partial charge < -0.3 is 15.0 Å². The Morgan fingerprint density at radius 2 is 2.17 bits per heavy atom. The summed E-state index contributed by atoms with van der Waals surface area (Å²) in [7, 11) is 0. The van der Waals surface area contributed by atoms with E-state index < -0.39 is 0 Å². The maximum atomic E-state index is 12.5. The second kappa shape index (κ2) is 6.48. The van der Waals surface area contributed by atoms with Crippen molar-refractivity contribution in [3.63, 3.8) is 0 Å². The lowest BCUT2D eigenvalue weighted by molar-refractivity contribution is 0.0930. The molecule has 23 heavy (non-hydrogen) atoms. The SMILES string of the molecule is CCCCSNc1ccc2[nH]c(C(=O)NC3(C)CC3)c(C)c2c1. The first-order valence-corrected chi connectivity index (χ1v) is 9.33. The first-order valence-electron chi connectivity index (χ1n) is 8.35. The molecule has 1 aromatic heterocycles. The third kappa shape index (κ3) is 3.66. The molecule has 3 N–H and O–H groups in total. The van der Waals surface area contributed by atoms with Crippen molar-refractivity contribution in [1.29, 1.82) is 0 Å². The van der Waals surface area contributed by atoms with Gasteiger partial charge >= 0.3 is 0 Å². The van der Waals surface area contributed by atoms with Crippen molar-refractivity contribution >= 4 is 34.4 Å². The van der Waals surface area contributed by atoms with Crippen molar-refractivity contribution < 1.29 is 4.79 Å². The Morgan fingerprint density at radius 1 is 1.39 bits per heavy atom. The van der Waals surface area contributed by atoms with E-state index in [1.54, 1.807) is 11.9 Å². The van der Waals surface area contributed by atoms with E-state index in [1.807, 2.05) is 13.0 Å². The summed E-state index contributed by atoms with van der Waals surface area (Å²) in [6.45, 7) is 6.31. The number of fused-ring (bicyclic) bond motifs is 1. The van der Waals surface area contributed by atoms with Gasteiger partial charge in [-0.2, -0.15) is 0 Å². The third-order valence-electron chi connectivity index (χ3n) is 4.49. The van der Waals surface area contributed by atoms with Crippen LogP contribution in [0, 0.1) is 6.92 Å². The van der Waals surface area contributed by atoms with E-state index >= 15 is 0 Å². The summed E-state index contributed by atoms with van der Waals surface area (Å²) < 4.78 is 3.39. The minimum Gasteiger partial charge on any atom is -0.350 e. The molecule has 1 heterocycles. The van der Waals surface area contributed by atoms with Crippen molar-refractivity contribution in [2.24, 2.45) is 0 Å². The highest BCUT2D eigenvalue weighted by atomic mass is 32.2. The van der Waals surface area contributed by atoms with E-state index in [2.05, 4.69) is 41.0 Å². The van der Waals surface area contributed by atoms with E-state index in [4.69, 9.17) is 0 Å². The van der Waals surface area contributed by atoms with Crippen LogP contribution in [0.1, 0.15) is 55.6 Å². The molecule has 0 saturated heterocycles. The van der Waals surface area contributed by atoms with E-state index in [0.717, 1.165) is 40.7 Å². The first-order chi connectivity index (χ1) is 11.0. The summed E-state index contributed by atoms with van der Waals surface area (Å²) in [6.07, 6.45) is 4.57. The zero-order chi connectivity index (χ0) is 16.4. The molecule has 0 radical (unpaired) electrons. The number of hydrogen-bond donors (Lipinski definition) is 3. The Labute approximate surface area is 141 Å². The van der Waals surface area contributed by atoms with Gasteiger partial charge in [-0.3, -0.25) is 4.79 Å². The number of aromatic amines is 1. The molecule has 1 amide bonds. The molecular formula is C18H25N3OS. The predicted octanol–water partition coefficient (Wildman–Crippen LogP) is 4.62. The molecule has 0 atom stereocenters. The Morgan fingerprint density at radius 3 is 2.87 bits per heavy atom. The van der Waals surface area contributed by atoms with Crippen molar-refractivity contribution in [3.8, 4) is 0 Å². The Balaban J connectivity index is 1.76. The molecule has 5 heteroatoms. The molecule has 1 saturated carbocycles. The number of rotatable bonds is 7. The summed E-state index contributed by atoms with van der Waals surface area (Å²) >= 11 is 1.74. The molecular weight excluding hydrogens is 306 g/mol. The van der Waals surface area contributed by atoms with Gasteiger partial charge in [-0.15, -0.1) is 0 Å². The normalized spacial score (nSPS) is 15.6. The number of hydrogen-bond acceptors (Lipinski definition) is 3. The topological polar surface area (TPSA) is 56.9 Å². The number of unbranched alkanes of at least 4 members (excludes halogenated alkanes) is 1. The monoisotopic (exact) mass is 331 g/mol. The van der Waals surface area contributed by atoms with Gasteiger partial charge in [0.05, 0.1) is 0 Å². The van der Waals surface area contributed by atoms with Gasteiger partial charge in [-0.05, 0) is 56.9 Å². The van der Waals surface area contributed by atoms with Gasteiger partial charge in [-0.1, -0.05) is 25.3 Å². The lowest BCUT2D eigenvalue weighted by Gasteiger charge is -2.10. The fourth-order valence-electron chi connectivity index (χ4n) is 2.62. The molecule has 0 unspecified atom stereocenters. The van der Waals surface area contributed by atoms with Crippen LogP contribution in [0.4, 0.5) is 5.69 Å². The van der Waals surface area contributed by atoms with Crippen LogP contribution in [0.15, 0.2) is 18.2 Å². The van der Waals surface area contributed by atoms with Crippen molar-refractivity contribution in [2.75, 3.05) is 10.5 Å². The van der Waals surface area contributed by atoms with Crippen molar-refractivity contribution in [3.05, 3.63) is 29.5 Å². The molecule has 1 aliphatic carbocycles. The van der Waals surface area contributed by atoms with E-state index in [0.29, 0.717) is 5.69 Å². The minimum absolute atomic E-state index is 0.00342. The maximum Gasteiger partial charge on any atom is 0.268 e. The number of benzene rings is 1. The average molecular weight is 331 g/mol. The lowest BCUT2D eigenvalue weighted by Crippen LogP contribution is -2.34. The summed E-state index contributed by atoms with van der Waals surface area (Å²) in [5, 5.41) is 4.23. The molecule has 1 fully saturated rings. The molecule has 0 spiro atoms. The summed E-state index contributed by atoms with van der Waals surface area (Å²) in [6, 6.07) is 6.22. The van der Waals surface area contributed by atoms with Gasteiger partial charge in [-0.25, -0.2) is 0 Å². The zero-order valence-corrected chi connectivity index (χ0v) is 14.9. The molecule has 2 aromatic rings. The summed E-state index contributed by atoms with van der Waals surface area (Å²) in [5.41, 5.74) is 3.80. The third-order valence-corrected chi connectivity index (χ3v) is 5.36. The van der Waals surface area contributed by atoms with Gasteiger partial charge in [0.2, 0.25) is 0 Å². The molecule has 4 nitrogen and oxygen atoms in total. The number of H-pyrrole nitrogens is 1. The van der Waals surface area contributed by atoms with Crippen LogP contribution in [0.25, 0.3) is 10.9 Å². The largest absolute Gasteiger partial charge is 0.350 e. The second-order valence-electron chi connectivity index (χ2n) is 6.70. The average Bonchev–Trinajstić information content (AvgIpc) is 3.16. The molecule has 3 rings (SSSR count). The molecule has 1 aromatic carbocycles. The molecule has 124 valence electrons. The fraction of sp³-hybridized carbons (Fsp3) is 0.500. The zero-order valence-electron chi connectivity index (χ0n) is 14.1. The van der Waals surface area contributed by atoms with Crippen LogP contribution in [0.2, 0.25) is 0 Å². The second-order valence-corrected chi connectivity index (χ2v) is 7.61. The van der Waals surface area contributed by atoms with Gasteiger partial charge in [0, 0.05) is 27.9 Å². The van der Waals surface area contributed by atoms with Gasteiger partial charge in [0.15, 0.2) is 0 Å². The number of aromatic nitrogens is 1. The van der Waals surface area contributed by atoms with Crippen molar-refractivity contribution in [2.45, 2.75) is 52.0 Å². The lowest BCUT2D eigenvalue weighted by atomic mass is 10.1. The van der Waals surface area contributed by atoms with Crippen LogP contribution in [0.5, 0.6) is 0 Å². The highest BCUT2D eigenvalue weighted by Crippen LogP contribution is 2.35. The number of amides is 1. The Kier molecular flexibility index (Phi) is 4.57. The van der Waals surface area contributed by atoms with E-state index in [9.17, 15) is 4.79 Å². The Hall–Kier alpha value is -1.62. The van der Waals surface area contributed by atoms with Crippen LogP contribution >= 0.6 is 11.9 Å². The molecule has 0 aliphatic heterocycles. The highest BCUT2D eigenvalue weighted by molar-refractivity contribution is 8.00. The molecule has 1 aliphatic rings. The number of aryl methyl sites for hydroxylation is 1. The van der Waals surface area contributed by atoms with Crippen LogP contribution in [-0.4, -0.2) is 22.2 Å². The van der Waals surface area contributed by atoms with Crippen LogP contribution < -0.4 is 10.0 Å². The van der Waals surface area contributed by atoms with Crippen molar-refractivity contribution in [1.82, 2.24) is 10.3 Å². The van der Waals surface area contributed by atoms with Gasteiger partial charge in [0.1, 0.15) is 5.69 Å². The standard InChI is InChI=1S/C18H25N3OS/c1-4-5-10-23-21-13-6-7-15-14(11-13)12(2)16(19-15)17(22)20-18(3)8-9-18/h6-7,11,19,21H,4-5,8-10H2,1-3H3,(H,20,22). The van der Waals surface area contributed by atoms with Gasteiger partial charge in [0.25, 0.3) is 5.91 Å². The summed E-state index contributed by atoms with van der Waals surface area (Å²) in [5.74, 6) is 1.11. The number of carbonyl (C=O) groups excluding carboxylic acids is 1. The highest BCUT2D eigenvalue weighted by Gasteiger charge is 2.39. The molecule has 0 bridgehead atoms. The van der Waals surface area contributed by atoms with E-state index in [1.165, 1.54) is 12.8 Å². The predicted molar refractivity (Wildman–Crippen MR) is 99.1 cm³/mol.